The highest BCUT2D eigenvalue weighted by Crippen LogP contribution is 2.33. The van der Waals surface area contributed by atoms with Crippen LogP contribution in [0.15, 0.2) is 34.7 Å². The van der Waals surface area contributed by atoms with Crippen LogP contribution in [0.2, 0.25) is 0 Å². The molecule has 23 heavy (non-hydrogen) atoms. The molecule has 2 aromatic rings. The molecular weight excluding hydrogens is 332 g/mol. The highest BCUT2D eigenvalue weighted by atomic mass is 32.2. The van der Waals surface area contributed by atoms with Gasteiger partial charge in [-0.15, -0.1) is 11.3 Å². The van der Waals surface area contributed by atoms with Gasteiger partial charge in [-0.25, -0.2) is 13.4 Å². The lowest BCUT2D eigenvalue weighted by Crippen LogP contribution is -2.39. The van der Waals surface area contributed by atoms with E-state index in [2.05, 4.69) is 4.98 Å². The Morgan fingerprint density at radius 3 is 3.09 bits per heavy atom. The second-order valence-corrected chi connectivity index (χ2v) is 8.80. The maximum atomic E-state index is 13.0. The Kier molecular flexibility index (Phi) is 3.87. The van der Waals surface area contributed by atoms with Gasteiger partial charge in [0.15, 0.2) is 0 Å². The molecule has 0 N–H and O–H groups in total. The molecule has 0 spiro atoms. The number of ether oxygens (including phenoxy) is 1. The van der Waals surface area contributed by atoms with E-state index in [4.69, 9.17) is 4.74 Å². The molecule has 7 heteroatoms. The zero-order valence-corrected chi connectivity index (χ0v) is 14.3. The fourth-order valence-electron chi connectivity index (χ4n) is 3.27. The van der Waals surface area contributed by atoms with Crippen LogP contribution in [0.1, 0.15) is 29.3 Å². The predicted molar refractivity (Wildman–Crippen MR) is 88.5 cm³/mol. The molecule has 0 bridgehead atoms. The molecule has 4 rings (SSSR count). The first-order valence-corrected chi connectivity index (χ1v) is 10.1. The minimum absolute atomic E-state index is 0.205. The molecule has 3 heterocycles. The van der Waals surface area contributed by atoms with Crippen molar-refractivity contribution in [2.24, 2.45) is 0 Å². The van der Waals surface area contributed by atoms with Gasteiger partial charge < -0.3 is 4.74 Å². The maximum absolute atomic E-state index is 13.0. The summed E-state index contributed by atoms with van der Waals surface area (Å²) in [6.07, 6.45) is 4.43. The molecule has 1 fully saturated rings. The van der Waals surface area contributed by atoms with Crippen molar-refractivity contribution >= 4 is 21.4 Å². The zero-order valence-electron chi connectivity index (χ0n) is 12.6. The molecule has 0 aliphatic carbocycles. The van der Waals surface area contributed by atoms with Crippen LogP contribution in [0, 0.1) is 0 Å². The topological polar surface area (TPSA) is 59.5 Å². The number of benzene rings is 1. The number of piperidine rings is 1. The van der Waals surface area contributed by atoms with Crippen LogP contribution >= 0.6 is 11.3 Å². The van der Waals surface area contributed by atoms with Crippen LogP contribution in [0.25, 0.3) is 0 Å². The molecule has 2 aliphatic heterocycles. The van der Waals surface area contributed by atoms with Crippen LogP contribution in [0.3, 0.4) is 0 Å². The molecule has 0 unspecified atom stereocenters. The van der Waals surface area contributed by atoms with E-state index in [1.54, 1.807) is 40.0 Å². The lowest BCUT2D eigenvalue weighted by Gasteiger charge is -2.31. The third kappa shape index (κ3) is 2.77. The summed E-state index contributed by atoms with van der Waals surface area (Å²) in [5, 5.41) is 2.98. The highest BCUT2D eigenvalue weighted by Gasteiger charge is 2.32. The second kappa shape index (κ2) is 5.89. The Morgan fingerprint density at radius 2 is 2.26 bits per heavy atom. The number of sulfonamides is 1. The number of nitrogens with zero attached hydrogens (tertiary/aromatic N) is 2. The lowest BCUT2D eigenvalue weighted by atomic mass is 10.0. The molecule has 0 saturated carbocycles. The Labute approximate surface area is 140 Å². The summed E-state index contributed by atoms with van der Waals surface area (Å²) in [4.78, 5) is 4.73. The smallest absolute Gasteiger partial charge is 0.243 e. The van der Waals surface area contributed by atoms with Crippen LogP contribution in [0.4, 0.5) is 0 Å². The van der Waals surface area contributed by atoms with E-state index in [9.17, 15) is 8.42 Å². The maximum Gasteiger partial charge on any atom is 0.243 e. The fourth-order valence-corrected chi connectivity index (χ4v) is 5.61. The molecule has 1 atom stereocenters. The Balaban J connectivity index is 1.60. The summed E-state index contributed by atoms with van der Waals surface area (Å²) in [7, 11) is -3.45. The van der Waals surface area contributed by atoms with Gasteiger partial charge >= 0.3 is 0 Å². The SMILES string of the molecule is O=S(=O)(c1ccc2c(c1)CCO2)N1CCC[C@@H](c2nccs2)C1. The Bertz CT molecular complexity index is 803. The van der Waals surface area contributed by atoms with Crippen molar-refractivity contribution in [3.63, 3.8) is 0 Å². The number of hydrogen-bond acceptors (Lipinski definition) is 5. The molecule has 0 radical (unpaired) electrons. The van der Waals surface area contributed by atoms with Gasteiger partial charge in [0.25, 0.3) is 0 Å². The summed E-state index contributed by atoms with van der Waals surface area (Å²) in [6, 6.07) is 5.20. The van der Waals surface area contributed by atoms with Crippen LogP contribution in [-0.4, -0.2) is 37.4 Å². The highest BCUT2D eigenvalue weighted by molar-refractivity contribution is 7.89. The first-order valence-electron chi connectivity index (χ1n) is 7.80. The fraction of sp³-hybridized carbons (Fsp3) is 0.438. The van der Waals surface area contributed by atoms with E-state index in [1.165, 1.54) is 0 Å². The second-order valence-electron chi connectivity index (χ2n) is 5.94. The van der Waals surface area contributed by atoms with E-state index in [1.807, 2.05) is 5.38 Å². The van der Waals surface area contributed by atoms with Crippen molar-refractivity contribution in [1.29, 1.82) is 0 Å². The average molecular weight is 350 g/mol. The first kappa shape index (κ1) is 15.1. The molecule has 1 saturated heterocycles. The van der Waals surface area contributed by atoms with Gasteiger partial charge in [-0.1, -0.05) is 0 Å². The van der Waals surface area contributed by atoms with Gasteiger partial charge in [-0.3, -0.25) is 0 Å². The molecule has 0 amide bonds. The van der Waals surface area contributed by atoms with Crippen LogP contribution < -0.4 is 4.74 Å². The summed E-state index contributed by atoms with van der Waals surface area (Å²) in [5.74, 6) is 1.01. The standard InChI is InChI=1S/C16H18N2O3S2/c19-23(20,14-3-4-15-12(10-14)5-8-21-15)18-7-1-2-13(11-18)16-17-6-9-22-16/h3-4,6,9-10,13H,1-2,5,7-8,11H2/t13-/m1/s1. The van der Waals surface area contributed by atoms with E-state index in [-0.39, 0.29) is 5.92 Å². The number of thiazole rings is 1. The number of rotatable bonds is 3. The number of aromatic nitrogens is 1. The van der Waals surface area contributed by atoms with Crippen molar-refractivity contribution in [1.82, 2.24) is 9.29 Å². The Hall–Kier alpha value is -1.44. The van der Waals surface area contributed by atoms with Crippen molar-refractivity contribution < 1.29 is 13.2 Å². The third-order valence-corrected chi connectivity index (χ3v) is 7.28. The van der Waals surface area contributed by atoms with Crippen molar-refractivity contribution in [2.75, 3.05) is 19.7 Å². The van der Waals surface area contributed by atoms with Gasteiger partial charge in [0.05, 0.1) is 16.5 Å². The molecular formula is C16H18N2O3S2. The van der Waals surface area contributed by atoms with Gasteiger partial charge in [-0.05, 0) is 36.6 Å². The number of fused-ring (bicyclic) bond motifs is 1. The van der Waals surface area contributed by atoms with Crippen molar-refractivity contribution in [3.8, 4) is 5.75 Å². The van der Waals surface area contributed by atoms with E-state index in [0.29, 0.717) is 24.6 Å². The Morgan fingerprint density at radius 1 is 1.35 bits per heavy atom. The normalized spacial score (nSPS) is 21.8. The van der Waals surface area contributed by atoms with Crippen LogP contribution in [-0.2, 0) is 16.4 Å². The summed E-state index contributed by atoms with van der Waals surface area (Å²) < 4.78 is 33.0. The largest absolute Gasteiger partial charge is 0.493 e. The molecule has 122 valence electrons. The van der Waals surface area contributed by atoms with Crippen molar-refractivity contribution in [2.45, 2.75) is 30.1 Å². The average Bonchev–Trinajstić information content (AvgIpc) is 3.25. The minimum Gasteiger partial charge on any atom is -0.493 e. The molecule has 1 aromatic carbocycles. The quantitative estimate of drug-likeness (QED) is 0.854. The number of hydrogen-bond donors (Lipinski definition) is 0. The van der Waals surface area contributed by atoms with E-state index < -0.39 is 10.0 Å². The lowest BCUT2D eigenvalue weighted by molar-refractivity contribution is 0.315. The summed E-state index contributed by atoms with van der Waals surface area (Å²) >= 11 is 1.61. The van der Waals surface area contributed by atoms with Gasteiger partial charge in [-0.2, -0.15) is 4.31 Å². The van der Waals surface area contributed by atoms with Crippen molar-refractivity contribution in [3.05, 3.63) is 40.3 Å². The monoisotopic (exact) mass is 350 g/mol. The van der Waals surface area contributed by atoms with Gasteiger partial charge in [0, 0.05) is 37.0 Å². The molecule has 5 nitrogen and oxygen atoms in total. The van der Waals surface area contributed by atoms with Crippen LogP contribution in [0.5, 0.6) is 5.75 Å². The minimum atomic E-state index is -3.45. The zero-order chi connectivity index (χ0) is 15.9. The molecule has 1 aromatic heterocycles. The van der Waals surface area contributed by atoms with Gasteiger partial charge in [0.2, 0.25) is 10.0 Å². The third-order valence-electron chi connectivity index (χ3n) is 4.48. The van der Waals surface area contributed by atoms with E-state index in [0.717, 1.165) is 35.6 Å². The summed E-state index contributed by atoms with van der Waals surface area (Å²) in [5.41, 5.74) is 0.986. The summed E-state index contributed by atoms with van der Waals surface area (Å²) in [6.45, 7) is 1.73. The molecule has 2 aliphatic rings. The van der Waals surface area contributed by atoms with E-state index >= 15 is 0 Å². The first-order chi connectivity index (χ1) is 11.1. The van der Waals surface area contributed by atoms with Gasteiger partial charge in [0.1, 0.15) is 5.75 Å². The predicted octanol–water partition coefficient (Wildman–Crippen LogP) is 2.65.